The van der Waals surface area contributed by atoms with Gasteiger partial charge in [0, 0.05) is 7.05 Å². The molecule has 1 rings (SSSR count). The van der Waals surface area contributed by atoms with Gasteiger partial charge in [0.05, 0.1) is 0 Å². The molecule has 10 heavy (non-hydrogen) atoms. The highest BCUT2D eigenvalue weighted by Crippen LogP contribution is 2.11. The lowest BCUT2D eigenvalue weighted by atomic mass is 10.5. The number of halogens is 1. The molecule has 0 amide bonds. The summed E-state index contributed by atoms with van der Waals surface area (Å²) in [7, 11) is 1.60. The Balaban J connectivity index is 3.17. The molecule has 0 saturated heterocycles. The molecule has 1 N–H and O–H groups in total. The minimum absolute atomic E-state index is 0.0671. The van der Waals surface area contributed by atoms with Gasteiger partial charge in [-0.15, -0.1) is 5.10 Å². The number of rotatable bonds is 1. The number of hydrogen-bond acceptors (Lipinski definition) is 3. The molecule has 0 atom stereocenters. The fourth-order valence-electron chi connectivity index (χ4n) is 0.477. The first-order valence-electron chi connectivity index (χ1n) is 2.41. The average molecular weight is 206 g/mol. The lowest BCUT2D eigenvalue weighted by molar-refractivity contribution is 0.0689. The van der Waals surface area contributed by atoms with Gasteiger partial charge in [-0.3, -0.25) is 0 Å². The third-order valence-corrected chi connectivity index (χ3v) is 1.85. The number of aromatic carboxylic acids is 1. The van der Waals surface area contributed by atoms with E-state index < -0.39 is 5.97 Å². The Morgan fingerprint density at radius 3 is 2.60 bits per heavy atom. The molecule has 0 aliphatic rings. The molecule has 0 saturated carbocycles. The quantitative estimate of drug-likeness (QED) is 0.716. The van der Waals surface area contributed by atoms with E-state index in [0.29, 0.717) is 4.60 Å². The summed E-state index contributed by atoms with van der Waals surface area (Å²) in [6, 6.07) is 0. The van der Waals surface area contributed by atoms with E-state index in [-0.39, 0.29) is 5.69 Å². The largest absolute Gasteiger partial charge is 0.476 e. The topological polar surface area (TPSA) is 68.0 Å². The zero-order valence-electron chi connectivity index (χ0n) is 5.08. The highest BCUT2D eigenvalue weighted by molar-refractivity contribution is 9.10. The van der Waals surface area contributed by atoms with Crippen molar-refractivity contribution in [1.29, 1.82) is 0 Å². The number of hydrogen-bond donors (Lipinski definition) is 1. The van der Waals surface area contributed by atoms with E-state index in [1.54, 1.807) is 7.05 Å². The number of aromatic nitrogens is 3. The van der Waals surface area contributed by atoms with Gasteiger partial charge in [0.25, 0.3) is 0 Å². The second kappa shape index (κ2) is 2.37. The Bertz CT molecular complexity index is 269. The summed E-state index contributed by atoms with van der Waals surface area (Å²) in [5.74, 6) is -1.08. The van der Waals surface area contributed by atoms with Crippen molar-refractivity contribution < 1.29 is 9.90 Å². The summed E-state index contributed by atoms with van der Waals surface area (Å²) < 4.78 is 1.71. The fourth-order valence-corrected chi connectivity index (χ4v) is 0.796. The van der Waals surface area contributed by atoms with Crippen LogP contribution < -0.4 is 0 Å². The van der Waals surface area contributed by atoms with Crippen LogP contribution in [0.5, 0.6) is 0 Å². The van der Waals surface area contributed by atoms with Crippen LogP contribution >= 0.6 is 15.9 Å². The number of carboxylic acids is 1. The minimum Gasteiger partial charge on any atom is -0.476 e. The lowest BCUT2D eigenvalue weighted by Crippen LogP contribution is -1.97. The Morgan fingerprint density at radius 1 is 1.80 bits per heavy atom. The van der Waals surface area contributed by atoms with Gasteiger partial charge < -0.3 is 5.11 Å². The fraction of sp³-hybridized carbons (Fsp3) is 0.250. The second-order valence-corrected chi connectivity index (χ2v) is 2.41. The Hall–Kier alpha value is -0.910. The summed E-state index contributed by atoms with van der Waals surface area (Å²) in [5, 5.41) is 15.3. The van der Waals surface area contributed by atoms with Crippen molar-refractivity contribution in [2.45, 2.75) is 0 Å². The first-order valence-corrected chi connectivity index (χ1v) is 3.20. The van der Waals surface area contributed by atoms with Crippen molar-refractivity contribution in [3.63, 3.8) is 0 Å². The van der Waals surface area contributed by atoms with E-state index in [1.165, 1.54) is 4.68 Å². The molecule has 0 bridgehead atoms. The first kappa shape index (κ1) is 7.20. The summed E-state index contributed by atoms with van der Waals surface area (Å²) in [6.45, 7) is 0. The maximum atomic E-state index is 10.3. The monoisotopic (exact) mass is 205 g/mol. The van der Waals surface area contributed by atoms with Gasteiger partial charge in [0.15, 0.2) is 0 Å². The van der Waals surface area contributed by atoms with Gasteiger partial charge in [-0.05, 0) is 15.9 Å². The van der Waals surface area contributed by atoms with Crippen molar-refractivity contribution in [2.75, 3.05) is 0 Å². The summed E-state index contributed by atoms with van der Waals surface area (Å²) in [4.78, 5) is 10.3. The normalized spacial score (nSPS) is 9.80. The van der Waals surface area contributed by atoms with Crippen molar-refractivity contribution in [3.8, 4) is 0 Å². The van der Waals surface area contributed by atoms with E-state index in [4.69, 9.17) is 5.11 Å². The molecule has 1 aromatic heterocycles. The molecule has 54 valence electrons. The van der Waals surface area contributed by atoms with Crippen LogP contribution in [0.15, 0.2) is 4.60 Å². The molecule has 0 aromatic carbocycles. The number of carbonyl (C=O) groups is 1. The van der Waals surface area contributed by atoms with E-state index in [0.717, 1.165) is 0 Å². The van der Waals surface area contributed by atoms with E-state index in [1.807, 2.05) is 0 Å². The highest BCUT2D eigenvalue weighted by Gasteiger charge is 2.13. The number of aryl methyl sites for hydroxylation is 1. The molecule has 0 spiro atoms. The third kappa shape index (κ3) is 1.02. The minimum atomic E-state index is -1.08. The van der Waals surface area contributed by atoms with Gasteiger partial charge in [0.2, 0.25) is 5.69 Å². The molecule has 1 heterocycles. The molecule has 5 nitrogen and oxygen atoms in total. The van der Waals surface area contributed by atoms with Crippen LogP contribution in [-0.2, 0) is 7.05 Å². The predicted octanol–water partition coefficient (Wildman–Crippen LogP) is 0.276. The molecule has 0 fully saturated rings. The van der Waals surface area contributed by atoms with Crippen LogP contribution in [0.2, 0.25) is 0 Å². The smallest absolute Gasteiger partial charge is 0.359 e. The van der Waals surface area contributed by atoms with Crippen molar-refractivity contribution in [3.05, 3.63) is 10.3 Å². The molecule has 0 aliphatic carbocycles. The summed E-state index contributed by atoms with van der Waals surface area (Å²) in [5.41, 5.74) is -0.0671. The van der Waals surface area contributed by atoms with E-state index >= 15 is 0 Å². The summed E-state index contributed by atoms with van der Waals surface area (Å²) >= 11 is 3.01. The third-order valence-electron chi connectivity index (χ3n) is 0.961. The molecule has 1 aromatic rings. The van der Waals surface area contributed by atoms with Crippen LogP contribution in [-0.4, -0.2) is 26.1 Å². The van der Waals surface area contributed by atoms with Crippen molar-refractivity contribution in [1.82, 2.24) is 15.0 Å². The standard InChI is InChI=1S/C4H4BrN3O2/c1-8-3(5)2(4(9)10)6-7-8/h1H3,(H,9,10). The average Bonchev–Trinajstić information content (AvgIpc) is 2.14. The SMILES string of the molecule is Cn1nnc(C(=O)O)c1Br. The van der Waals surface area contributed by atoms with Gasteiger partial charge in [-0.25, -0.2) is 9.48 Å². The molecular formula is C4H4BrN3O2. The van der Waals surface area contributed by atoms with Crippen molar-refractivity contribution >= 4 is 21.9 Å². The highest BCUT2D eigenvalue weighted by atomic mass is 79.9. The van der Waals surface area contributed by atoms with Crippen molar-refractivity contribution in [2.24, 2.45) is 7.05 Å². The van der Waals surface area contributed by atoms with E-state index in [9.17, 15) is 4.79 Å². The van der Waals surface area contributed by atoms with Crippen LogP contribution in [0.4, 0.5) is 0 Å². The van der Waals surface area contributed by atoms with Gasteiger partial charge in [-0.1, -0.05) is 5.21 Å². The molecular weight excluding hydrogens is 202 g/mol. The Morgan fingerprint density at radius 2 is 2.40 bits per heavy atom. The van der Waals surface area contributed by atoms with E-state index in [2.05, 4.69) is 26.2 Å². The Kier molecular flexibility index (Phi) is 1.71. The maximum absolute atomic E-state index is 10.3. The van der Waals surface area contributed by atoms with Gasteiger partial charge in [0.1, 0.15) is 4.60 Å². The molecule has 0 aliphatic heterocycles. The zero-order chi connectivity index (χ0) is 7.72. The van der Waals surface area contributed by atoms with Gasteiger partial charge in [-0.2, -0.15) is 0 Å². The van der Waals surface area contributed by atoms with Crippen LogP contribution in [0.25, 0.3) is 0 Å². The lowest BCUT2D eigenvalue weighted by Gasteiger charge is -1.87. The number of nitrogens with zero attached hydrogens (tertiary/aromatic N) is 3. The predicted molar refractivity (Wildman–Crippen MR) is 35.7 cm³/mol. The maximum Gasteiger partial charge on any atom is 0.359 e. The van der Waals surface area contributed by atoms with Crippen LogP contribution in [0.1, 0.15) is 10.5 Å². The summed E-state index contributed by atoms with van der Waals surface area (Å²) in [6.07, 6.45) is 0. The zero-order valence-corrected chi connectivity index (χ0v) is 6.66. The molecule has 0 unspecified atom stereocenters. The second-order valence-electron chi connectivity index (χ2n) is 1.66. The van der Waals surface area contributed by atoms with Crippen LogP contribution in [0.3, 0.4) is 0 Å². The Labute approximate surface area is 64.8 Å². The van der Waals surface area contributed by atoms with Gasteiger partial charge >= 0.3 is 5.97 Å². The molecule has 6 heteroatoms. The first-order chi connectivity index (χ1) is 4.63. The van der Waals surface area contributed by atoms with Crippen LogP contribution in [0, 0.1) is 0 Å². The number of carboxylic acid groups (broad SMARTS) is 1. The molecule has 0 radical (unpaired) electrons.